The number of carbonyl (C=O) groups is 1. The van der Waals surface area contributed by atoms with Crippen LogP contribution in [-0.4, -0.2) is 25.3 Å². The van der Waals surface area contributed by atoms with Crippen molar-refractivity contribution in [2.45, 2.75) is 26.7 Å². The number of allylic oxidation sites excluding steroid dienone is 3. The molecule has 5 nitrogen and oxygen atoms in total. The smallest absolute Gasteiger partial charge is 0.259 e. The van der Waals surface area contributed by atoms with Crippen LogP contribution >= 0.6 is 0 Å². The van der Waals surface area contributed by atoms with Crippen LogP contribution in [0.4, 0.5) is 5.69 Å². The van der Waals surface area contributed by atoms with Gasteiger partial charge in [0.2, 0.25) is 0 Å². The normalized spacial score (nSPS) is 18.7. The summed E-state index contributed by atoms with van der Waals surface area (Å²) in [6.07, 6.45) is 3.97. The second kappa shape index (κ2) is 8.34. The predicted molar refractivity (Wildman–Crippen MR) is 98.4 cm³/mol. The van der Waals surface area contributed by atoms with Crippen LogP contribution in [0.3, 0.4) is 0 Å². The highest BCUT2D eigenvalue weighted by Gasteiger charge is 2.18. The molecule has 2 rings (SSSR count). The Bertz CT molecular complexity index is 660. The molecule has 0 spiro atoms. The molecule has 5 heteroatoms. The highest BCUT2D eigenvalue weighted by molar-refractivity contribution is 6.01. The standard InChI is InChI=1S/C19H25N3O2/c1-13(2)15-6-5-14(3)18(11-15)21-22-19(23)12-20-16-7-9-17(24-4)10-8-16/h5,7-10,15,20H,1,6,11-12H2,2-4H3,(H,22,23)/t15-/m1/s1. The first-order chi connectivity index (χ1) is 11.5. The molecule has 0 bridgehead atoms. The molecular formula is C19H25N3O2. The minimum Gasteiger partial charge on any atom is -0.497 e. The Kier molecular flexibility index (Phi) is 6.18. The van der Waals surface area contributed by atoms with E-state index in [-0.39, 0.29) is 12.5 Å². The van der Waals surface area contributed by atoms with E-state index in [1.807, 2.05) is 38.1 Å². The topological polar surface area (TPSA) is 62.7 Å². The lowest BCUT2D eigenvalue weighted by Gasteiger charge is -2.22. The van der Waals surface area contributed by atoms with Crippen molar-refractivity contribution in [2.24, 2.45) is 11.0 Å². The van der Waals surface area contributed by atoms with Gasteiger partial charge < -0.3 is 10.1 Å². The van der Waals surface area contributed by atoms with Crippen molar-refractivity contribution >= 4 is 17.3 Å². The number of hydrazone groups is 1. The maximum atomic E-state index is 12.0. The lowest BCUT2D eigenvalue weighted by atomic mass is 9.85. The van der Waals surface area contributed by atoms with Gasteiger partial charge in [-0.05, 0) is 62.4 Å². The molecule has 0 aliphatic heterocycles. The molecule has 1 amide bonds. The first-order valence-corrected chi connectivity index (χ1v) is 8.05. The van der Waals surface area contributed by atoms with Gasteiger partial charge in [0.25, 0.3) is 5.91 Å². The molecule has 1 atom stereocenters. The van der Waals surface area contributed by atoms with Crippen LogP contribution < -0.4 is 15.5 Å². The second-order valence-corrected chi connectivity index (χ2v) is 6.05. The molecule has 1 aromatic carbocycles. The van der Waals surface area contributed by atoms with E-state index in [0.717, 1.165) is 41.1 Å². The maximum absolute atomic E-state index is 12.0. The van der Waals surface area contributed by atoms with Crippen LogP contribution in [-0.2, 0) is 4.79 Å². The predicted octanol–water partition coefficient (Wildman–Crippen LogP) is 3.51. The Morgan fingerprint density at radius 3 is 2.71 bits per heavy atom. The first kappa shape index (κ1) is 17.8. The first-order valence-electron chi connectivity index (χ1n) is 8.05. The van der Waals surface area contributed by atoms with E-state index in [9.17, 15) is 4.79 Å². The third-order valence-electron chi connectivity index (χ3n) is 4.16. The quantitative estimate of drug-likeness (QED) is 0.621. The Balaban J connectivity index is 1.86. The molecule has 0 radical (unpaired) electrons. The molecule has 1 aromatic rings. The van der Waals surface area contributed by atoms with E-state index < -0.39 is 0 Å². The van der Waals surface area contributed by atoms with E-state index in [0.29, 0.717) is 5.92 Å². The second-order valence-electron chi connectivity index (χ2n) is 6.05. The van der Waals surface area contributed by atoms with Gasteiger partial charge in [0.1, 0.15) is 5.75 Å². The molecule has 1 aliphatic rings. The molecule has 1 aliphatic carbocycles. The monoisotopic (exact) mass is 327 g/mol. The summed E-state index contributed by atoms with van der Waals surface area (Å²) in [6.45, 7) is 8.24. The summed E-state index contributed by atoms with van der Waals surface area (Å²) in [6, 6.07) is 7.41. The molecule has 0 heterocycles. The van der Waals surface area contributed by atoms with E-state index in [1.165, 1.54) is 0 Å². The van der Waals surface area contributed by atoms with Crippen molar-refractivity contribution in [3.05, 3.63) is 48.1 Å². The van der Waals surface area contributed by atoms with Crippen molar-refractivity contribution in [1.29, 1.82) is 0 Å². The number of ether oxygens (including phenoxy) is 1. The van der Waals surface area contributed by atoms with Gasteiger partial charge in [0.05, 0.1) is 19.4 Å². The van der Waals surface area contributed by atoms with E-state index in [2.05, 4.69) is 28.5 Å². The molecule has 0 aromatic heterocycles. The summed E-state index contributed by atoms with van der Waals surface area (Å²) in [5.74, 6) is 1.01. The number of benzene rings is 1. The number of hydrogen-bond donors (Lipinski definition) is 2. The minimum atomic E-state index is -0.177. The largest absolute Gasteiger partial charge is 0.497 e. The van der Waals surface area contributed by atoms with Gasteiger partial charge in [-0.3, -0.25) is 4.79 Å². The fourth-order valence-electron chi connectivity index (χ4n) is 2.48. The van der Waals surface area contributed by atoms with Gasteiger partial charge in [0, 0.05) is 5.69 Å². The average molecular weight is 327 g/mol. The maximum Gasteiger partial charge on any atom is 0.259 e. The van der Waals surface area contributed by atoms with Crippen LogP contribution in [0.15, 0.2) is 53.2 Å². The lowest BCUT2D eigenvalue weighted by Crippen LogP contribution is -2.28. The number of amides is 1. The number of nitrogens with zero attached hydrogens (tertiary/aromatic N) is 1. The van der Waals surface area contributed by atoms with Gasteiger partial charge >= 0.3 is 0 Å². The zero-order chi connectivity index (χ0) is 17.5. The highest BCUT2D eigenvalue weighted by Crippen LogP contribution is 2.26. The summed E-state index contributed by atoms with van der Waals surface area (Å²) in [4.78, 5) is 12.0. The Hall–Kier alpha value is -2.56. The molecule has 2 N–H and O–H groups in total. The molecule has 0 fully saturated rings. The number of carbonyl (C=O) groups excluding carboxylic acids is 1. The van der Waals surface area contributed by atoms with Crippen LogP contribution in [0.25, 0.3) is 0 Å². The summed E-state index contributed by atoms with van der Waals surface area (Å²) in [5, 5.41) is 7.34. The summed E-state index contributed by atoms with van der Waals surface area (Å²) >= 11 is 0. The van der Waals surface area contributed by atoms with Gasteiger partial charge in [-0.25, -0.2) is 5.43 Å². The van der Waals surface area contributed by atoms with Crippen LogP contribution in [0.2, 0.25) is 0 Å². The van der Waals surface area contributed by atoms with E-state index >= 15 is 0 Å². The number of methoxy groups -OCH3 is 1. The Morgan fingerprint density at radius 2 is 2.08 bits per heavy atom. The molecular weight excluding hydrogens is 302 g/mol. The molecule has 0 unspecified atom stereocenters. The van der Waals surface area contributed by atoms with Gasteiger partial charge in [-0.15, -0.1) is 0 Å². The molecule has 0 saturated carbocycles. The lowest BCUT2D eigenvalue weighted by molar-refractivity contribution is -0.119. The Labute approximate surface area is 143 Å². The van der Waals surface area contributed by atoms with Gasteiger partial charge in [-0.2, -0.15) is 5.10 Å². The van der Waals surface area contributed by atoms with E-state index in [4.69, 9.17) is 4.74 Å². The zero-order valence-corrected chi connectivity index (χ0v) is 14.6. The average Bonchev–Trinajstić information content (AvgIpc) is 2.59. The number of hydrogen-bond acceptors (Lipinski definition) is 4. The van der Waals surface area contributed by atoms with Crippen LogP contribution in [0.1, 0.15) is 26.7 Å². The van der Waals surface area contributed by atoms with Crippen LogP contribution in [0, 0.1) is 5.92 Å². The van der Waals surface area contributed by atoms with Gasteiger partial charge in [-0.1, -0.05) is 18.2 Å². The number of anilines is 1. The van der Waals surface area contributed by atoms with Crippen molar-refractivity contribution in [3.8, 4) is 5.75 Å². The highest BCUT2D eigenvalue weighted by atomic mass is 16.5. The summed E-state index contributed by atoms with van der Waals surface area (Å²) < 4.78 is 5.10. The minimum absolute atomic E-state index is 0.162. The molecule has 24 heavy (non-hydrogen) atoms. The molecule has 128 valence electrons. The van der Waals surface area contributed by atoms with Crippen LogP contribution in [0.5, 0.6) is 5.75 Å². The fraction of sp³-hybridized carbons (Fsp3) is 0.368. The number of nitrogens with one attached hydrogen (secondary N) is 2. The Morgan fingerprint density at radius 1 is 1.38 bits per heavy atom. The summed E-state index contributed by atoms with van der Waals surface area (Å²) in [5.41, 5.74) is 6.68. The third-order valence-corrected chi connectivity index (χ3v) is 4.16. The van der Waals surface area contributed by atoms with Gasteiger partial charge in [0.15, 0.2) is 0 Å². The number of rotatable bonds is 6. The van der Waals surface area contributed by atoms with Crippen molar-refractivity contribution < 1.29 is 9.53 Å². The van der Waals surface area contributed by atoms with Crippen molar-refractivity contribution in [1.82, 2.24) is 5.43 Å². The zero-order valence-electron chi connectivity index (χ0n) is 14.6. The summed E-state index contributed by atoms with van der Waals surface area (Å²) in [7, 11) is 1.62. The van der Waals surface area contributed by atoms with Crippen molar-refractivity contribution in [3.63, 3.8) is 0 Å². The van der Waals surface area contributed by atoms with Crippen molar-refractivity contribution in [2.75, 3.05) is 19.0 Å². The molecule has 0 saturated heterocycles. The third kappa shape index (κ3) is 4.98. The fourth-order valence-corrected chi connectivity index (χ4v) is 2.48. The van der Waals surface area contributed by atoms with E-state index in [1.54, 1.807) is 7.11 Å². The SMILES string of the molecule is C=C(C)[C@@H]1CC=C(C)C(=NNC(=O)CNc2ccc(OC)cc2)C1.